The number of hydrogen-bond acceptors (Lipinski definition) is 4. The zero-order valence-corrected chi connectivity index (χ0v) is 18.2. The van der Waals surface area contributed by atoms with Crippen LogP contribution in [0.4, 0.5) is 5.69 Å². The van der Waals surface area contributed by atoms with E-state index in [-0.39, 0.29) is 36.2 Å². The molecule has 0 radical (unpaired) electrons. The molecule has 0 saturated heterocycles. The third kappa shape index (κ3) is 5.26. The summed E-state index contributed by atoms with van der Waals surface area (Å²) >= 11 is 0. The molecule has 0 aromatic heterocycles. The zero-order valence-electron chi connectivity index (χ0n) is 15.8. The molecule has 0 unspecified atom stereocenters. The van der Waals surface area contributed by atoms with Crippen LogP contribution in [0, 0.1) is 0 Å². The molecule has 0 bridgehead atoms. The largest absolute Gasteiger partial charge is 0.454 e. The van der Waals surface area contributed by atoms with Crippen LogP contribution in [0.1, 0.15) is 25.0 Å². The maximum Gasteiger partial charge on any atom is 0.231 e. The number of nitrogens with one attached hydrogen (secondary N) is 1. The van der Waals surface area contributed by atoms with Gasteiger partial charge in [0, 0.05) is 23.8 Å². The van der Waals surface area contributed by atoms with Crippen LogP contribution in [0.5, 0.6) is 11.5 Å². The van der Waals surface area contributed by atoms with Gasteiger partial charge >= 0.3 is 0 Å². The van der Waals surface area contributed by atoms with E-state index in [4.69, 9.17) is 19.9 Å². The van der Waals surface area contributed by atoms with Gasteiger partial charge in [0.05, 0.1) is 13.2 Å². The number of nitrogens with zero attached hydrogens (tertiary/aromatic N) is 1. The minimum absolute atomic E-state index is 0. The second kappa shape index (κ2) is 9.27. The number of ether oxygens (including phenoxy) is 3. The molecular weight excluding hydrogens is 457 g/mol. The highest BCUT2D eigenvalue weighted by Crippen LogP contribution is 2.36. The Bertz CT molecular complexity index is 809. The van der Waals surface area contributed by atoms with Crippen LogP contribution in [-0.2, 0) is 16.8 Å². The summed E-state index contributed by atoms with van der Waals surface area (Å²) in [5, 5.41) is 3.16. The molecular formula is C20H26IN3O3. The van der Waals surface area contributed by atoms with Crippen LogP contribution in [0.25, 0.3) is 0 Å². The summed E-state index contributed by atoms with van der Waals surface area (Å²) in [6.45, 7) is 5.58. The molecule has 3 N–H and O–H groups in total. The lowest BCUT2D eigenvalue weighted by Gasteiger charge is -2.23. The van der Waals surface area contributed by atoms with Gasteiger partial charge in [-0.2, -0.15) is 0 Å². The van der Waals surface area contributed by atoms with Crippen LogP contribution in [0.15, 0.2) is 47.5 Å². The number of guanidine groups is 1. The van der Waals surface area contributed by atoms with Crippen molar-refractivity contribution in [1.82, 2.24) is 0 Å². The molecule has 1 aliphatic rings. The van der Waals surface area contributed by atoms with E-state index >= 15 is 0 Å². The lowest BCUT2D eigenvalue weighted by molar-refractivity contribution is 0.174. The maximum atomic E-state index is 6.10. The fourth-order valence-electron chi connectivity index (χ4n) is 2.79. The van der Waals surface area contributed by atoms with Crippen molar-refractivity contribution in [3.8, 4) is 11.5 Å². The maximum absolute atomic E-state index is 6.10. The highest BCUT2D eigenvalue weighted by molar-refractivity contribution is 14.0. The average Bonchev–Trinajstić information content (AvgIpc) is 3.10. The van der Waals surface area contributed by atoms with E-state index < -0.39 is 0 Å². The molecule has 0 aliphatic carbocycles. The first-order valence-corrected chi connectivity index (χ1v) is 8.53. The molecule has 146 valence electrons. The normalized spacial score (nSPS) is 13.2. The van der Waals surface area contributed by atoms with Gasteiger partial charge in [-0.05, 0) is 23.8 Å². The minimum Gasteiger partial charge on any atom is -0.454 e. The molecule has 6 nitrogen and oxygen atoms in total. The van der Waals surface area contributed by atoms with E-state index in [0.717, 1.165) is 28.3 Å². The number of aliphatic imine (C=N–C) groups is 1. The van der Waals surface area contributed by atoms with Gasteiger partial charge in [-0.25, -0.2) is 0 Å². The lowest BCUT2D eigenvalue weighted by Crippen LogP contribution is -2.28. The monoisotopic (exact) mass is 483 g/mol. The Labute approximate surface area is 177 Å². The molecule has 2 aromatic rings. The van der Waals surface area contributed by atoms with Crippen LogP contribution in [-0.4, -0.2) is 26.4 Å². The smallest absolute Gasteiger partial charge is 0.231 e. The molecule has 0 atom stereocenters. The third-order valence-electron chi connectivity index (χ3n) is 4.38. The molecule has 0 amide bonds. The highest BCUT2D eigenvalue weighted by atomic mass is 127. The van der Waals surface area contributed by atoms with Gasteiger partial charge in [0.2, 0.25) is 6.79 Å². The third-order valence-corrected chi connectivity index (χ3v) is 4.38. The Kier molecular flexibility index (Phi) is 7.32. The van der Waals surface area contributed by atoms with Crippen molar-refractivity contribution in [3.05, 3.63) is 53.6 Å². The van der Waals surface area contributed by atoms with E-state index in [1.54, 1.807) is 7.11 Å². The van der Waals surface area contributed by atoms with Gasteiger partial charge < -0.3 is 25.3 Å². The summed E-state index contributed by atoms with van der Waals surface area (Å²) in [4.78, 5) is 4.53. The number of hydrogen-bond donors (Lipinski definition) is 2. The van der Waals surface area contributed by atoms with Gasteiger partial charge in [0.15, 0.2) is 17.5 Å². The quantitative estimate of drug-likeness (QED) is 0.371. The lowest BCUT2D eigenvalue weighted by atomic mass is 9.84. The number of anilines is 1. The molecule has 0 fully saturated rings. The Balaban J connectivity index is 0.00000261. The zero-order chi connectivity index (χ0) is 18.6. The van der Waals surface area contributed by atoms with E-state index in [1.165, 1.54) is 0 Å². The Morgan fingerprint density at radius 3 is 2.70 bits per heavy atom. The summed E-state index contributed by atoms with van der Waals surface area (Å²) < 4.78 is 16.1. The van der Waals surface area contributed by atoms with Crippen LogP contribution in [0.2, 0.25) is 0 Å². The van der Waals surface area contributed by atoms with Crippen molar-refractivity contribution in [2.75, 3.05) is 25.8 Å². The number of nitrogens with two attached hydrogens (primary N) is 1. The van der Waals surface area contributed by atoms with Crippen LogP contribution >= 0.6 is 24.0 Å². The summed E-state index contributed by atoms with van der Waals surface area (Å²) in [6.07, 6.45) is 0. The fraction of sp³-hybridized carbons (Fsp3) is 0.350. The fourth-order valence-corrected chi connectivity index (χ4v) is 2.79. The van der Waals surface area contributed by atoms with Crippen molar-refractivity contribution < 1.29 is 14.2 Å². The van der Waals surface area contributed by atoms with Gasteiger partial charge in [-0.1, -0.05) is 38.1 Å². The van der Waals surface area contributed by atoms with Gasteiger partial charge in [-0.3, -0.25) is 4.99 Å². The van der Waals surface area contributed by atoms with Crippen molar-refractivity contribution in [2.24, 2.45) is 10.7 Å². The van der Waals surface area contributed by atoms with Gasteiger partial charge in [0.1, 0.15) is 0 Å². The summed E-state index contributed by atoms with van der Waals surface area (Å²) in [5.41, 5.74) is 8.96. The van der Waals surface area contributed by atoms with Crippen molar-refractivity contribution in [1.29, 1.82) is 0 Å². The average molecular weight is 483 g/mol. The molecule has 2 aromatic carbocycles. The Hall–Kier alpha value is -2.00. The summed E-state index contributed by atoms with van der Waals surface area (Å²) in [6, 6.07) is 13.9. The topological polar surface area (TPSA) is 78.1 Å². The standard InChI is InChI=1S/C20H25N3O3.HI/c1-20(2,15-8-9-17-18(10-15)26-13-25-17)12-22-19(21)23-16-7-5-4-6-14(16)11-24-3;/h4-10H,11-13H2,1-3H3,(H3,21,22,23);1H. The second-order valence-corrected chi connectivity index (χ2v) is 6.87. The van der Waals surface area contributed by atoms with Gasteiger partial charge in [0.25, 0.3) is 0 Å². The molecule has 0 saturated carbocycles. The molecule has 27 heavy (non-hydrogen) atoms. The molecule has 7 heteroatoms. The second-order valence-electron chi connectivity index (χ2n) is 6.87. The predicted octanol–water partition coefficient (Wildman–Crippen LogP) is 3.88. The first-order chi connectivity index (χ1) is 12.5. The number of fused-ring (bicyclic) bond motifs is 1. The highest BCUT2D eigenvalue weighted by Gasteiger charge is 2.24. The number of rotatable bonds is 6. The molecule has 3 rings (SSSR count). The number of benzene rings is 2. The number of methoxy groups -OCH3 is 1. The Morgan fingerprint density at radius 1 is 1.19 bits per heavy atom. The first kappa shape index (κ1) is 21.3. The van der Waals surface area contributed by atoms with E-state index in [1.807, 2.05) is 42.5 Å². The van der Waals surface area contributed by atoms with Crippen molar-refractivity contribution >= 4 is 35.6 Å². The number of para-hydroxylation sites is 1. The van der Waals surface area contributed by atoms with Crippen LogP contribution < -0.4 is 20.5 Å². The van der Waals surface area contributed by atoms with Crippen LogP contribution in [0.3, 0.4) is 0 Å². The molecule has 0 spiro atoms. The summed E-state index contributed by atoms with van der Waals surface area (Å²) in [7, 11) is 1.67. The van der Waals surface area contributed by atoms with E-state index in [0.29, 0.717) is 19.1 Å². The predicted molar refractivity (Wildman–Crippen MR) is 118 cm³/mol. The molecule has 1 heterocycles. The SMILES string of the molecule is COCc1ccccc1NC(N)=NCC(C)(C)c1ccc2c(c1)OCO2.I. The van der Waals surface area contributed by atoms with Crippen molar-refractivity contribution in [2.45, 2.75) is 25.9 Å². The first-order valence-electron chi connectivity index (χ1n) is 8.53. The Morgan fingerprint density at radius 2 is 1.93 bits per heavy atom. The van der Waals surface area contributed by atoms with E-state index in [9.17, 15) is 0 Å². The number of halogens is 1. The molecule has 1 aliphatic heterocycles. The minimum atomic E-state index is -0.195. The van der Waals surface area contributed by atoms with Gasteiger partial charge in [-0.15, -0.1) is 24.0 Å². The van der Waals surface area contributed by atoms with Crippen molar-refractivity contribution in [3.63, 3.8) is 0 Å². The van der Waals surface area contributed by atoms with E-state index in [2.05, 4.69) is 24.2 Å². The summed E-state index contributed by atoms with van der Waals surface area (Å²) in [5.74, 6) is 1.94.